The van der Waals surface area contributed by atoms with Gasteiger partial charge in [0.05, 0.1) is 3.79 Å². The molecule has 0 aromatic carbocycles. The van der Waals surface area contributed by atoms with Crippen molar-refractivity contribution in [1.29, 1.82) is 0 Å². The molecule has 0 bridgehead atoms. The van der Waals surface area contributed by atoms with Crippen molar-refractivity contribution in [2.24, 2.45) is 5.73 Å². The number of nitrogens with two attached hydrogens (primary N) is 1. The van der Waals surface area contributed by atoms with E-state index in [0.29, 0.717) is 0 Å². The Morgan fingerprint density at radius 3 is 2.46 bits per heavy atom. The zero-order valence-electron chi connectivity index (χ0n) is 6.44. The van der Waals surface area contributed by atoms with Gasteiger partial charge in [0.25, 0.3) is 0 Å². The minimum Gasteiger partial charge on any atom is -0.323 e. The first-order valence-electron chi connectivity index (χ1n) is 3.49. The highest BCUT2D eigenvalue weighted by Crippen LogP contribution is 2.36. The van der Waals surface area contributed by atoms with Gasteiger partial charge in [0.1, 0.15) is 0 Å². The average Bonchev–Trinajstić information content (AvgIpc) is 2.31. The molecular formula is C7H7Br2F2NS. The van der Waals surface area contributed by atoms with Gasteiger partial charge in [0.15, 0.2) is 0 Å². The predicted octanol–water partition coefficient (Wildman–Crippen LogP) is 3.93. The quantitative estimate of drug-likeness (QED) is 0.890. The van der Waals surface area contributed by atoms with Crippen molar-refractivity contribution in [3.05, 3.63) is 19.2 Å². The molecule has 0 fully saturated rings. The minimum atomic E-state index is -2.35. The van der Waals surface area contributed by atoms with Crippen molar-refractivity contribution in [2.75, 3.05) is 0 Å². The molecule has 1 nitrogen and oxygen atoms in total. The largest absolute Gasteiger partial charge is 0.323 e. The number of halogens is 4. The smallest absolute Gasteiger partial charge is 0.240 e. The Morgan fingerprint density at radius 2 is 2.08 bits per heavy atom. The van der Waals surface area contributed by atoms with E-state index in [9.17, 15) is 8.78 Å². The molecule has 0 saturated heterocycles. The molecule has 0 spiro atoms. The van der Waals surface area contributed by atoms with Crippen LogP contribution in [0.3, 0.4) is 0 Å². The fourth-order valence-corrected chi connectivity index (χ4v) is 2.96. The van der Waals surface area contributed by atoms with Crippen LogP contribution in [-0.2, 0) is 0 Å². The van der Waals surface area contributed by atoms with Gasteiger partial charge in [-0.1, -0.05) is 0 Å². The molecule has 1 aromatic rings. The highest BCUT2D eigenvalue weighted by Gasteiger charge is 2.16. The molecule has 1 rings (SSSR count). The normalized spacial score (nSPS) is 13.7. The van der Waals surface area contributed by atoms with Crippen molar-refractivity contribution in [3.8, 4) is 0 Å². The summed E-state index contributed by atoms with van der Waals surface area (Å²) in [5.74, 6) is 0. The Labute approximate surface area is 95.6 Å². The van der Waals surface area contributed by atoms with Crippen molar-refractivity contribution >= 4 is 43.2 Å². The summed E-state index contributed by atoms with van der Waals surface area (Å²) in [7, 11) is 0. The van der Waals surface area contributed by atoms with Crippen molar-refractivity contribution in [2.45, 2.75) is 18.9 Å². The number of thiophene rings is 1. The monoisotopic (exact) mass is 333 g/mol. The first-order chi connectivity index (χ1) is 6.00. The molecule has 0 aliphatic carbocycles. The van der Waals surface area contributed by atoms with Crippen LogP contribution in [0.5, 0.6) is 0 Å². The van der Waals surface area contributed by atoms with Gasteiger partial charge < -0.3 is 5.73 Å². The summed E-state index contributed by atoms with van der Waals surface area (Å²) >= 11 is 7.93. The maximum Gasteiger partial charge on any atom is 0.240 e. The number of hydrogen-bond donors (Lipinski definition) is 1. The lowest BCUT2D eigenvalue weighted by Crippen LogP contribution is -2.12. The second-order valence-electron chi connectivity index (χ2n) is 2.50. The van der Waals surface area contributed by atoms with Crippen LogP contribution in [0.2, 0.25) is 0 Å². The van der Waals surface area contributed by atoms with Crippen LogP contribution in [-0.4, -0.2) is 6.43 Å². The summed E-state index contributed by atoms with van der Waals surface area (Å²) in [6.45, 7) is 0. The second-order valence-corrected chi connectivity index (χ2v) is 5.76. The van der Waals surface area contributed by atoms with E-state index in [2.05, 4.69) is 31.9 Å². The third kappa shape index (κ3) is 3.27. The van der Waals surface area contributed by atoms with Crippen LogP contribution in [0.25, 0.3) is 0 Å². The molecule has 1 atom stereocenters. The highest BCUT2D eigenvalue weighted by atomic mass is 79.9. The standard InChI is InChI=1S/C7H7Br2F2NS/c8-3-1-5(13-7(3)9)4(12)2-6(10)11/h1,4,6H,2,12H2/t4-/m0/s1. The van der Waals surface area contributed by atoms with Crippen molar-refractivity contribution < 1.29 is 8.78 Å². The van der Waals surface area contributed by atoms with Gasteiger partial charge in [-0.15, -0.1) is 11.3 Å². The number of rotatable bonds is 3. The predicted molar refractivity (Wildman–Crippen MR) is 57.3 cm³/mol. The molecule has 0 unspecified atom stereocenters. The van der Waals surface area contributed by atoms with Gasteiger partial charge in [0.2, 0.25) is 6.43 Å². The van der Waals surface area contributed by atoms with Gasteiger partial charge in [-0.25, -0.2) is 8.78 Å². The van der Waals surface area contributed by atoms with Gasteiger partial charge in [0, 0.05) is 21.8 Å². The average molecular weight is 335 g/mol. The third-order valence-electron chi connectivity index (χ3n) is 1.46. The topological polar surface area (TPSA) is 26.0 Å². The lowest BCUT2D eigenvalue weighted by Gasteiger charge is -2.07. The first-order valence-corrected chi connectivity index (χ1v) is 5.89. The molecule has 0 amide bonds. The van der Waals surface area contributed by atoms with Crippen molar-refractivity contribution in [3.63, 3.8) is 0 Å². The number of alkyl halides is 2. The lowest BCUT2D eigenvalue weighted by molar-refractivity contribution is 0.129. The Bertz CT molecular complexity index is 271. The molecule has 1 aromatic heterocycles. The Kier molecular flexibility index (Phi) is 4.28. The molecule has 0 saturated carbocycles. The fraction of sp³-hybridized carbons (Fsp3) is 0.429. The van der Waals surface area contributed by atoms with Crippen LogP contribution in [0.1, 0.15) is 17.3 Å². The zero-order valence-corrected chi connectivity index (χ0v) is 10.4. The molecule has 6 heteroatoms. The van der Waals surface area contributed by atoms with Crippen LogP contribution >= 0.6 is 43.2 Å². The van der Waals surface area contributed by atoms with E-state index in [1.807, 2.05) is 0 Å². The van der Waals surface area contributed by atoms with Crippen molar-refractivity contribution in [1.82, 2.24) is 0 Å². The first kappa shape index (κ1) is 11.6. The molecule has 74 valence electrons. The highest BCUT2D eigenvalue weighted by molar-refractivity contribution is 9.13. The van der Waals surface area contributed by atoms with Gasteiger partial charge in [-0.05, 0) is 37.9 Å². The van der Waals surface area contributed by atoms with Crippen LogP contribution < -0.4 is 5.73 Å². The zero-order chi connectivity index (χ0) is 10.0. The third-order valence-corrected chi connectivity index (χ3v) is 4.85. The molecular weight excluding hydrogens is 328 g/mol. The summed E-state index contributed by atoms with van der Waals surface area (Å²) in [4.78, 5) is 0.763. The maximum absolute atomic E-state index is 12.0. The molecule has 0 aliphatic heterocycles. The summed E-state index contributed by atoms with van der Waals surface area (Å²) in [5.41, 5.74) is 5.57. The minimum absolute atomic E-state index is 0.292. The van der Waals surface area contributed by atoms with Gasteiger partial charge in [-0.3, -0.25) is 0 Å². The van der Waals surface area contributed by atoms with E-state index in [1.54, 1.807) is 6.07 Å². The van der Waals surface area contributed by atoms with E-state index in [1.165, 1.54) is 11.3 Å². The Balaban J connectivity index is 2.71. The maximum atomic E-state index is 12.0. The fourth-order valence-electron chi connectivity index (χ4n) is 0.854. The molecule has 1 heterocycles. The molecule has 0 aliphatic rings. The van der Waals surface area contributed by atoms with Crippen LogP contribution in [0.4, 0.5) is 8.78 Å². The van der Waals surface area contributed by atoms with E-state index >= 15 is 0 Å². The van der Waals surface area contributed by atoms with E-state index in [-0.39, 0.29) is 6.42 Å². The van der Waals surface area contributed by atoms with Crippen LogP contribution in [0, 0.1) is 0 Å². The SMILES string of the molecule is N[C@@H](CC(F)F)c1cc(Br)c(Br)s1. The molecule has 13 heavy (non-hydrogen) atoms. The van der Waals surface area contributed by atoms with Gasteiger partial charge in [-0.2, -0.15) is 0 Å². The van der Waals surface area contributed by atoms with E-state index in [0.717, 1.165) is 13.1 Å². The Morgan fingerprint density at radius 1 is 1.46 bits per heavy atom. The molecule has 0 radical (unpaired) electrons. The Hall–Kier alpha value is 0.480. The van der Waals surface area contributed by atoms with Crippen LogP contribution in [0.15, 0.2) is 14.3 Å². The summed E-state index contributed by atoms with van der Waals surface area (Å²) < 4.78 is 25.7. The lowest BCUT2D eigenvalue weighted by atomic mass is 10.2. The second kappa shape index (κ2) is 4.82. The van der Waals surface area contributed by atoms with Gasteiger partial charge >= 0.3 is 0 Å². The summed E-state index contributed by atoms with van der Waals surface area (Å²) in [5, 5.41) is 0. The van der Waals surface area contributed by atoms with E-state index < -0.39 is 12.5 Å². The molecule has 2 N–H and O–H groups in total. The van der Waals surface area contributed by atoms with E-state index in [4.69, 9.17) is 5.73 Å². The number of hydrogen-bond acceptors (Lipinski definition) is 2. The summed E-state index contributed by atoms with van der Waals surface area (Å²) in [6, 6.07) is 1.19. The summed E-state index contributed by atoms with van der Waals surface area (Å²) in [6.07, 6.45) is -2.64.